The van der Waals surface area contributed by atoms with E-state index < -0.39 is 0 Å². The molecule has 118 valence electrons. The number of hydrogen-bond donors (Lipinski definition) is 1. The van der Waals surface area contributed by atoms with Gasteiger partial charge in [0, 0.05) is 5.92 Å². The molecule has 0 saturated heterocycles. The van der Waals surface area contributed by atoms with Gasteiger partial charge in [-0.2, -0.15) is 9.61 Å². The maximum Gasteiger partial charge on any atom is 0.258 e. The monoisotopic (exact) mass is 329 g/mol. The van der Waals surface area contributed by atoms with Gasteiger partial charge in [-0.15, -0.1) is 10.2 Å². The van der Waals surface area contributed by atoms with Crippen molar-refractivity contribution in [2.75, 3.05) is 6.61 Å². The number of nitrogens with one attached hydrogen (secondary N) is 1. The first-order valence-electron chi connectivity index (χ1n) is 7.45. The summed E-state index contributed by atoms with van der Waals surface area (Å²) in [5.41, 5.74) is 0. The molecule has 7 nitrogen and oxygen atoms in total. The number of hydrogen-bond acceptors (Lipinski definition) is 6. The van der Waals surface area contributed by atoms with Crippen molar-refractivity contribution in [3.05, 3.63) is 41.2 Å². The second-order valence-electron chi connectivity index (χ2n) is 5.40. The van der Waals surface area contributed by atoms with Gasteiger partial charge in [-0.05, 0) is 25.0 Å². The second kappa shape index (κ2) is 5.96. The lowest BCUT2D eigenvalue weighted by Gasteiger charge is -2.05. The van der Waals surface area contributed by atoms with Crippen molar-refractivity contribution in [2.24, 2.45) is 0 Å². The van der Waals surface area contributed by atoms with E-state index in [4.69, 9.17) is 4.74 Å². The van der Waals surface area contributed by atoms with Crippen molar-refractivity contribution in [1.82, 2.24) is 25.1 Å². The zero-order valence-electron chi connectivity index (χ0n) is 12.3. The summed E-state index contributed by atoms with van der Waals surface area (Å²) in [6.07, 6.45) is 2.31. The smallest absolute Gasteiger partial charge is 0.258 e. The average Bonchev–Trinajstić information content (AvgIpc) is 3.21. The summed E-state index contributed by atoms with van der Waals surface area (Å²) < 4.78 is 7.20. The number of fused-ring (bicyclic) bond motifs is 1. The summed E-state index contributed by atoms with van der Waals surface area (Å²) in [5.74, 6) is 1.92. The van der Waals surface area contributed by atoms with Crippen molar-refractivity contribution in [2.45, 2.75) is 25.3 Å². The number of benzene rings is 1. The number of ether oxygens (including phenoxy) is 1. The molecule has 2 aromatic heterocycles. The van der Waals surface area contributed by atoms with Crippen LogP contribution in [0, 0.1) is 0 Å². The molecule has 0 aliphatic heterocycles. The molecular weight excluding hydrogens is 314 g/mol. The Bertz CT molecular complexity index is 825. The van der Waals surface area contributed by atoms with Crippen LogP contribution in [0.3, 0.4) is 0 Å². The largest absolute Gasteiger partial charge is 0.484 e. The zero-order valence-corrected chi connectivity index (χ0v) is 13.1. The van der Waals surface area contributed by atoms with Gasteiger partial charge in [0.2, 0.25) is 4.96 Å². The molecule has 0 radical (unpaired) electrons. The van der Waals surface area contributed by atoms with Crippen LogP contribution in [0.5, 0.6) is 5.75 Å². The fraction of sp³-hybridized carbons (Fsp3) is 0.333. The fourth-order valence-electron chi connectivity index (χ4n) is 2.23. The Kier molecular flexibility index (Phi) is 3.66. The molecule has 1 saturated carbocycles. The Balaban J connectivity index is 1.32. The number of amides is 1. The number of rotatable bonds is 6. The molecule has 1 aliphatic rings. The molecule has 2 heterocycles. The molecule has 4 rings (SSSR count). The van der Waals surface area contributed by atoms with Crippen LogP contribution >= 0.6 is 11.3 Å². The lowest BCUT2D eigenvalue weighted by Crippen LogP contribution is -2.28. The van der Waals surface area contributed by atoms with Crippen molar-refractivity contribution in [3.63, 3.8) is 0 Å². The molecule has 1 aromatic carbocycles. The van der Waals surface area contributed by atoms with Gasteiger partial charge >= 0.3 is 0 Å². The summed E-state index contributed by atoms with van der Waals surface area (Å²) in [4.78, 5) is 12.6. The third kappa shape index (κ3) is 3.16. The number of carbonyl (C=O) groups is 1. The highest BCUT2D eigenvalue weighted by atomic mass is 32.1. The van der Waals surface area contributed by atoms with E-state index in [1.165, 1.54) is 11.3 Å². The first-order chi connectivity index (χ1) is 11.3. The van der Waals surface area contributed by atoms with E-state index in [1.807, 2.05) is 30.3 Å². The Morgan fingerprint density at radius 2 is 2.13 bits per heavy atom. The number of para-hydroxylation sites is 1. The lowest BCUT2D eigenvalue weighted by molar-refractivity contribution is -0.123. The molecule has 0 atom stereocenters. The van der Waals surface area contributed by atoms with E-state index in [0.717, 1.165) is 28.6 Å². The maximum absolute atomic E-state index is 11.8. The Morgan fingerprint density at radius 1 is 1.30 bits per heavy atom. The van der Waals surface area contributed by atoms with E-state index in [0.29, 0.717) is 18.2 Å². The number of aromatic nitrogens is 4. The minimum atomic E-state index is -0.178. The molecule has 1 N–H and O–H groups in total. The Hall–Kier alpha value is -2.48. The van der Waals surface area contributed by atoms with Gasteiger partial charge in [0.05, 0.1) is 6.54 Å². The van der Waals surface area contributed by atoms with Crippen molar-refractivity contribution >= 4 is 22.2 Å². The van der Waals surface area contributed by atoms with Gasteiger partial charge in [-0.3, -0.25) is 4.79 Å². The Morgan fingerprint density at radius 3 is 2.91 bits per heavy atom. The van der Waals surface area contributed by atoms with Gasteiger partial charge in [-0.25, -0.2) is 0 Å². The molecule has 0 unspecified atom stereocenters. The number of carbonyl (C=O) groups excluding carboxylic acids is 1. The second-order valence-corrected chi connectivity index (χ2v) is 6.44. The van der Waals surface area contributed by atoms with Crippen molar-refractivity contribution in [3.8, 4) is 5.75 Å². The van der Waals surface area contributed by atoms with Crippen LogP contribution in [0.1, 0.15) is 29.6 Å². The van der Waals surface area contributed by atoms with Gasteiger partial charge < -0.3 is 10.1 Å². The van der Waals surface area contributed by atoms with Gasteiger partial charge in [0.1, 0.15) is 10.8 Å². The van der Waals surface area contributed by atoms with E-state index >= 15 is 0 Å². The van der Waals surface area contributed by atoms with E-state index in [2.05, 4.69) is 20.6 Å². The quantitative estimate of drug-likeness (QED) is 0.745. The molecular formula is C15H15N5O2S. The first kappa shape index (κ1) is 14.1. The van der Waals surface area contributed by atoms with Crippen LogP contribution in [-0.4, -0.2) is 32.3 Å². The van der Waals surface area contributed by atoms with Crippen LogP contribution in [-0.2, 0) is 11.3 Å². The Labute approximate surface area is 136 Å². The summed E-state index contributed by atoms with van der Waals surface area (Å²) in [6, 6.07) is 9.26. The third-order valence-electron chi connectivity index (χ3n) is 3.55. The van der Waals surface area contributed by atoms with Crippen LogP contribution in [0.2, 0.25) is 0 Å². The molecule has 0 spiro atoms. The van der Waals surface area contributed by atoms with Crippen LogP contribution < -0.4 is 10.1 Å². The summed E-state index contributed by atoms with van der Waals surface area (Å²) in [7, 11) is 0. The topological polar surface area (TPSA) is 81.4 Å². The molecule has 3 aromatic rings. The molecule has 23 heavy (non-hydrogen) atoms. The fourth-order valence-corrected chi connectivity index (χ4v) is 3.01. The molecule has 1 amide bonds. The number of nitrogens with zero attached hydrogens (tertiary/aromatic N) is 4. The highest BCUT2D eigenvalue weighted by Crippen LogP contribution is 2.39. The minimum absolute atomic E-state index is 0.0125. The lowest BCUT2D eigenvalue weighted by atomic mass is 10.3. The van der Waals surface area contributed by atoms with Crippen molar-refractivity contribution in [1.29, 1.82) is 0 Å². The normalized spacial score (nSPS) is 14.1. The maximum atomic E-state index is 11.8. The predicted octanol–water partition coefficient (Wildman–Crippen LogP) is 1.76. The van der Waals surface area contributed by atoms with E-state index in [9.17, 15) is 4.79 Å². The van der Waals surface area contributed by atoms with E-state index in [1.54, 1.807) is 4.52 Å². The standard InChI is InChI=1S/C15H15N5O2S/c21-12(9-22-11-4-2-1-3-5-11)16-8-13-19-20-14(10-6-7-10)17-18-15(20)23-13/h1-5,10H,6-9H2,(H,16,21). The van der Waals surface area contributed by atoms with Crippen LogP contribution in [0.15, 0.2) is 30.3 Å². The highest BCUT2D eigenvalue weighted by molar-refractivity contribution is 7.16. The summed E-state index contributed by atoms with van der Waals surface area (Å²) >= 11 is 1.44. The molecule has 1 fully saturated rings. The SMILES string of the molecule is O=C(COc1ccccc1)NCc1nn2c(C3CC3)nnc2s1. The third-order valence-corrected chi connectivity index (χ3v) is 4.45. The van der Waals surface area contributed by atoms with Crippen LogP contribution in [0.4, 0.5) is 0 Å². The summed E-state index contributed by atoms with van der Waals surface area (Å²) in [5, 5.41) is 16.4. The predicted molar refractivity (Wildman–Crippen MR) is 84.4 cm³/mol. The molecule has 1 aliphatic carbocycles. The van der Waals surface area contributed by atoms with E-state index in [-0.39, 0.29) is 12.5 Å². The van der Waals surface area contributed by atoms with Gasteiger partial charge in [0.15, 0.2) is 12.4 Å². The van der Waals surface area contributed by atoms with Gasteiger partial charge in [-0.1, -0.05) is 29.5 Å². The molecule has 0 bridgehead atoms. The molecule has 8 heteroatoms. The average molecular weight is 329 g/mol. The van der Waals surface area contributed by atoms with Gasteiger partial charge in [0.25, 0.3) is 5.91 Å². The first-order valence-corrected chi connectivity index (χ1v) is 8.27. The van der Waals surface area contributed by atoms with Crippen LogP contribution in [0.25, 0.3) is 4.96 Å². The summed E-state index contributed by atoms with van der Waals surface area (Å²) in [6.45, 7) is 0.358. The zero-order chi connectivity index (χ0) is 15.6. The minimum Gasteiger partial charge on any atom is -0.484 e. The highest BCUT2D eigenvalue weighted by Gasteiger charge is 2.30. The van der Waals surface area contributed by atoms with Crippen molar-refractivity contribution < 1.29 is 9.53 Å².